The number of carbonyl (C=O) groups excluding carboxylic acids is 1. The summed E-state index contributed by atoms with van der Waals surface area (Å²) < 4.78 is 12.4. The van der Waals surface area contributed by atoms with E-state index in [-0.39, 0.29) is 0 Å². The van der Waals surface area contributed by atoms with Gasteiger partial charge in [-0.05, 0) is 27.1 Å². The Morgan fingerprint density at radius 3 is 2.20 bits per heavy atom. The SMILES string of the molecule is O=C1N(Cc2ccccc2)[C@H](c2ccccc2)[C@@]1(F)Br. The Morgan fingerprint density at radius 1 is 1.05 bits per heavy atom. The fraction of sp³-hybridized carbons (Fsp3) is 0.188. The topological polar surface area (TPSA) is 20.3 Å². The van der Waals surface area contributed by atoms with Gasteiger partial charge in [-0.3, -0.25) is 4.79 Å². The van der Waals surface area contributed by atoms with E-state index in [9.17, 15) is 9.18 Å². The van der Waals surface area contributed by atoms with Crippen molar-refractivity contribution in [1.29, 1.82) is 0 Å². The molecule has 0 unspecified atom stereocenters. The fourth-order valence-electron chi connectivity index (χ4n) is 2.52. The van der Waals surface area contributed by atoms with E-state index < -0.39 is 16.5 Å². The first-order chi connectivity index (χ1) is 9.60. The van der Waals surface area contributed by atoms with E-state index in [0.29, 0.717) is 6.54 Å². The molecule has 0 N–H and O–H groups in total. The maximum atomic E-state index is 14.4. The second-order valence-electron chi connectivity index (χ2n) is 4.85. The van der Waals surface area contributed by atoms with Gasteiger partial charge in [0, 0.05) is 6.54 Å². The van der Waals surface area contributed by atoms with Crippen molar-refractivity contribution in [3.63, 3.8) is 0 Å². The molecule has 2 aromatic carbocycles. The zero-order valence-electron chi connectivity index (χ0n) is 10.7. The van der Waals surface area contributed by atoms with Crippen molar-refractivity contribution in [3.8, 4) is 0 Å². The summed E-state index contributed by atoms with van der Waals surface area (Å²) in [5.41, 5.74) is 1.78. The summed E-state index contributed by atoms with van der Waals surface area (Å²) in [6, 6.07) is 18.3. The van der Waals surface area contributed by atoms with Crippen molar-refractivity contribution in [1.82, 2.24) is 4.90 Å². The molecule has 0 spiro atoms. The number of β-lactam (4-membered cyclic amide) rings is 1. The van der Waals surface area contributed by atoms with E-state index >= 15 is 0 Å². The van der Waals surface area contributed by atoms with Gasteiger partial charge >= 0.3 is 0 Å². The van der Waals surface area contributed by atoms with Gasteiger partial charge in [-0.1, -0.05) is 60.7 Å². The molecule has 4 heteroatoms. The Morgan fingerprint density at radius 2 is 1.60 bits per heavy atom. The summed E-state index contributed by atoms with van der Waals surface area (Å²) >= 11 is 2.93. The molecule has 1 fully saturated rings. The quantitative estimate of drug-likeness (QED) is 0.617. The highest BCUT2D eigenvalue weighted by atomic mass is 79.9. The number of hydrogen-bond donors (Lipinski definition) is 0. The predicted molar refractivity (Wildman–Crippen MR) is 78.9 cm³/mol. The van der Waals surface area contributed by atoms with Crippen molar-refractivity contribution in [2.75, 3.05) is 0 Å². The molecule has 0 saturated carbocycles. The largest absolute Gasteiger partial charge is 0.323 e. The molecule has 1 saturated heterocycles. The Labute approximate surface area is 125 Å². The van der Waals surface area contributed by atoms with E-state index in [4.69, 9.17) is 0 Å². The summed E-state index contributed by atoms with van der Waals surface area (Å²) in [6.07, 6.45) is 0. The molecule has 1 aliphatic rings. The second-order valence-corrected chi connectivity index (χ2v) is 6.01. The normalized spacial score (nSPS) is 25.4. The lowest BCUT2D eigenvalue weighted by molar-refractivity contribution is -0.164. The summed E-state index contributed by atoms with van der Waals surface area (Å²) in [4.78, 5) is 13.5. The van der Waals surface area contributed by atoms with Crippen molar-refractivity contribution in [2.24, 2.45) is 0 Å². The average molecular weight is 334 g/mol. The number of nitrogens with zero attached hydrogens (tertiary/aromatic N) is 1. The lowest BCUT2D eigenvalue weighted by atomic mass is 9.91. The number of hydrogen-bond acceptors (Lipinski definition) is 1. The summed E-state index contributed by atoms with van der Waals surface area (Å²) in [6.45, 7) is 0.413. The molecule has 102 valence electrons. The van der Waals surface area contributed by atoms with Gasteiger partial charge < -0.3 is 4.90 Å². The number of rotatable bonds is 3. The average Bonchev–Trinajstić information content (AvgIpc) is 2.48. The molecule has 20 heavy (non-hydrogen) atoms. The molecule has 1 heterocycles. The Kier molecular flexibility index (Phi) is 3.34. The standard InChI is InChI=1S/C16H13BrFNO/c17-16(18)14(13-9-5-2-6-10-13)19(15(16)20)11-12-7-3-1-4-8-12/h1-10,14H,11H2/t14-,16+/m1/s1. The molecule has 0 radical (unpaired) electrons. The number of likely N-dealkylation sites (tertiary alicyclic amines) is 1. The monoisotopic (exact) mass is 333 g/mol. The lowest BCUT2D eigenvalue weighted by Gasteiger charge is -2.48. The molecular formula is C16H13BrFNO. The zero-order valence-corrected chi connectivity index (χ0v) is 12.3. The summed E-state index contributed by atoms with van der Waals surface area (Å²) in [5, 5.41) is 0. The van der Waals surface area contributed by atoms with Gasteiger partial charge in [0.15, 0.2) is 0 Å². The van der Waals surface area contributed by atoms with Crippen molar-refractivity contribution >= 4 is 21.8 Å². The van der Waals surface area contributed by atoms with Crippen LogP contribution >= 0.6 is 15.9 Å². The number of alkyl halides is 2. The number of amides is 1. The van der Waals surface area contributed by atoms with Gasteiger partial charge in [-0.25, -0.2) is 4.39 Å². The Hall–Kier alpha value is -1.68. The molecule has 0 aliphatic carbocycles. The van der Waals surface area contributed by atoms with Crippen LogP contribution in [-0.2, 0) is 11.3 Å². The second kappa shape index (κ2) is 5.02. The van der Waals surface area contributed by atoms with E-state index in [1.807, 2.05) is 60.7 Å². The fourth-order valence-corrected chi connectivity index (χ4v) is 3.26. The van der Waals surface area contributed by atoms with Crippen LogP contribution in [-0.4, -0.2) is 15.4 Å². The third-order valence-electron chi connectivity index (χ3n) is 3.51. The first kappa shape index (κ1) is 13.3. The van der Waals surface area contributed by atoms with E-state index in [1.165, 1.54) is 0 Å². The van der Waals surface area contributed by atoms with Gasteiger partial charge in [-0.2, -0.15) is 0 Å². The van der Waals surface area contributed by atoms with Crippen LogP contribution in [0.4, 0.5) is 4.39 Å². The summed E-state index contributed by atoms with van der Waals surface area (Å²) in [5.74, 6) is -0.518. The van der Waals surface area contributed by atoms with Crippen molar-refractivity contribution < 1.29 is 9.18 Å². The van der Waals surface area contributed by atoms with Crippen LogP contribution in [0.5, 0.6) is 0 Å². The van der Waals surface area contributed by atoms with Crippen LogP contribution in [0.15, 0.2) is 60.7 Å². The lowest BCUT2D eigenvalue weighted by Crippen LogP contribution is -2.62. The highest BCUT2D eigenvalue weighted by Gasteiger charge is 2.60. The highest BCUT2D eigenvalue weighted by Crippen LogP contribution is 2.50. The van der Waals surface area contributed by atoms with Gasteiger partial charge in [0.05, 0.1) is 0 Å². The van der Waals surface area contributed by atoms with Gasteiger partial charge in [0.2, 0.25) is 0 Å². The maximum absolute atomic E-state index is 14.4. The Balaban J connectivity index is 1.88. The number of carbonyl (C=O) groups is 1. The predicted octanol–water partition coefficient (Wildman–Crippen LogP) is 3.83. The van der Waals surface area contributed by atoms with Crippen LogP contribution in [0.2, 0.25) is 0 Å². The van der Waals surface area contributed by atoms with E-state index in [0.717, 1.165) is 11.1 Å². The number of benzene rings is 2. The molecule has 3 rings (SSSR count). The summed E-state index contributed by atoms with van der Waals surface area (Å²) in [7, 11) is 0. The van der Waals surface area contributed by atoms with E-state index in [2.05, 4.69) is 15.9 Å². The minimum atomic E-state index is -2.00. The van der Waals surface area contributed by atoms with Crippen LogP contribution < -0.4 is 0 Å². The van der Waals surface area contributed by atoms with Crippen LogP contribution in [0.25, 0.3) is 0 Å². The molecular weight excluding hydrogens is 321 g/mol. The third-order valence-corrected chi connectivity index (χ3v) is 4.29. The number of halogens is 2. The highest BCUT2D eigenvalue weighted by molar-refractivity contribution is 9.10. The molecule has 2 atom stereocenters. The zero-order chi connectivity index (χ0) is 14.2. The molecule has 2 nitrogen and oxygen atoms in total. The molecule has 1 aliphatic heterocycles. The van der Waals surface area contributed by atoms with Gasteiger partial charge in [-0.15, -0.1) is 0 Å². The molecule has 1 amide bonds. The van der Waals surface area contributed by atoms with Gasteiger partial charge in [0.25, 0.3) is 10.5 Å². The van der Waals surface area contributed by atoms with Crippen LogP contribution in [0.1, 0.15) is 17.2 Å². The third kappa shape index (κ3) is 2.14. The smallest absolute Gasteiger partial charge is 0.274 e. The molecule has 0 aromatic heterocycles. The minimum Gasteiger partial charge on any atom is -0.323 e. The minimum absolute atomic E-state index is 0.413. The Bertz CT molecular complexity index is 615. The van der Waals surface area contributed by atoms with Crippen molar-refractivity contribution in [3.05, 3.63) is 71.8 Å². The molecule has 0 bridgehead atoms. The maximum Gasteiger partial charge on any atom is 0.274 e. The van der Waals surface area contributed by atoms with Crippen LogP contribution in [0.3, 0.4) is 0 Å². The first-order valence-electron chi connectivity index (χ1n) is 6.38. The van der Waals surface area contributed by atoms with Crippen LogP contribution in [0, 0.1) is 0 Å². The first-order valence-corrected chi connectivity index (χ1v) is 7.18. The van der Waals surface area contributed by atoms with Gasteiger partial charge in [0.1, 0.15) is 6.04 Å². The molecule has 2 aromatic rings. The van der Waals surface area contributed by atoms with E-state index in [1.54, 1.807) is 4.90 Å². The van der Waals surface area contributed by atoms with Crippen molar-refractivity contribution in [2.45, 2.75) is 17.2 Å².